The highest BCUT2D eigenvalue weighted by Crippen LogP contribution is 2.45. The maximum atomic E-state index is 8.88. The lowest BCUT2D eigenvalue weighted by Gasteiger charge is -2.42. The molecule has 1 aromatic carbocycles. The molecular weight excluding hydrogens is 365 g/mol. The number of hydrogen-bond acceptors (Lipinski definition) is 5. The molecule has 1 unspecified atom stereocenters. The molecule has 0 aromatic heterocycles. The number of unbranched alkanes of at least 4 members (excludes halogenated alkanes) is 1. The molecule has 5 nitrogen and oxygen atoms in total. The van der Waals surface area contributed by atoms with E-state index >= 15 is 0 Å². The zero-order chi connectivity index (χ0) is 21.1. The Labute approximate surface area is 175 Å². The maximum absolute atomic E-state index is 8.88. The Morgan fingerprint density at radius 1 is 1.00 bits per heavy atom. The maximum Gasteiger partial charge on any atom is 0.451 e. The van der Waals surface area contributed by atoms with E-state index < -0.39 is 7.12 Å². The summed E-state index contributed by atoms with van der Waals surface area (Å²) in [4.78, 5) is 16.2. The first kappa shape index (κ1) is 23.8. The smallest absolute Gasteiger partial charge is 0.427 e. The summed E-state index contributed by atoms with van der Waals surface area (Å²) in [5.41, 5.74) is 7.89. The average molecular weight is 401 g/mol. The number of carbonyl (C=O) groups excluding carboxylic acids is 2. The monoisotopic (exact) mass is 401 g/mol. The molecule has 2 fully saturated rings. The highest BCUT2D eigenvalue weighted by atomic mass is 16.4. The van der Waals surface area contributed by atoms with E-state index in [0.29, 0.717) is 18.3 Å². The zero-order valence-corrected chi connectivity index (χ0v) is 17.4. The van der Waals surface area contributed by atoms with Crippen molar-refractivity contribution in [3.63, 3.8) is 0 Å². The highest BCUT2D eigenvalue weighted by molar-refractivity contribution is 6.40. The standard InChI is InChI=1S/C22H36BNO2.CO2/c24-22(8-4-5-13-23(25)26)21-15-18(16-21)14-17-9-11-20(12-10-17)19-6-2-1-3-7-19;2-1-3/h1-3,6-7,17-18,20-22,25-26H,4-5,8-16,24H2;. The van der Waals surface area contributed by atoms with E-state index in [2.05, 4.69) is 30.3 Å². The molecule has 29 heavy (non-hydrogen) atoms. The third kappa shape index (κ3) is 8.43. The lowest BCUT2D eigenvalue weighted by atomic mass is 9.65. The predicted molar refractivity (Wildman–Crippen MR) is 114 cm³/mol. The van der Waals surface area contributed by atoms with Gasteiger partial charge in [-0.25, -0.2) is 0 Å². The van der Waals surface area contributed by atoms with Crippen LogP contribution in [0.15, 0.2) is 30.3 Å². The number of benzene rings is 1. The van der Waals surface area contributed by atoms with Gasteiger partial charge in [-0.15, -0.1) is 0 Å². The van der Waals surface area contributed by atoms with E-state index in [1.807, 2.05) is 0 Å². The van der Waals surface area contributed by atoms with Gasteiger partial charge in [-0.3, -0.25) is 0 Å². The van der Waals surface area contributed by atoms with E-state index in [-0.39, 0.29) is 6.15 Å². The van der Waals surface area contributed by atoms with E-state index in [0.717, 1.165) is 37.0 Å². The van der Waals surface area contributed by atoms with Crippen molar-refractivity contribution in [1.82, 2.24) is 0 Å². The van der Waals surface area contributed by atoms with Crippen LogP contribution in [0.25, 0.3) is 0 Å². The van der Waals surface area contributed by atoms with Gasteiger partial charge in [0.1, 0.15) is 0 Å². The van der Waals surface area contributed by atoms with Crippen molar-refractivity contribution in [2.75, 3.05) is 0 Å². The summed E-state index contributed by atoms with van der Waals surface area (Å²) in [7, 11) is -1.16. The van der Waals surface area contributed by atoms with Crippen LogP contribution in [0.3, 0.4) is 0 Å². The first-order chi connectivity index (χ1) is 14.0. The Morgan fingerprint density at radius 3 is 2.21 bits per heavy atom. The molecule has 6 heteroatoms. The van der Waals surface area contributed by atoms with Crippen molar-refractivity contribution in [3.05, 3.63) is 35.9 Å². The van der Waals surface area contributed by atoms with Gasteiger partial charge >= 0.3 is 13.3 Å². The molecule has 0 aliphatic heterocycles. The first-order valence-corrected chi connectivity index (χ1v) is 11.2. The molecule has 2 aliphatic carbocycles. The molecule has 0 bridgehead atoms. The van der Waals surface area contributed by atoms with Crippen molar-refractivity contribution < 1.29 is 19.6 Å². The summed E-state index contributed by atoms with van der Waals surface area (Å²) >= 11 is 0. The van der Waals surface area contributed by atoms with Crippen molar-refractivity contribution in [3.8, 4) is 0 Å². The predicted octanol–water partition coefficient (Wildman–Crippen LogP) is 3.76. The minimum atomic E-state index is -1.16. The Balaban J connectivity index is 0.000000941. The van der Waals surface area contributed by atoms with E-state index in [1.165, 1.54) is 50.5 Å². The van der Waals surface area contributed by atoms with Crippen LogP contribution in [0.2, 0.25) is 6.32 Å². The molecule has 0 radical (unpaired) electrons. The van der Waals surface area contributed by atoms with E-state index in [4.69, 9.17) is 25.4 Å². The van der Waals surface area contributed by atoms with Gasteiger partial charge in [-0.2, -0.15) is 9.59 Å². The second-order valence-electron chi connectivity index (χ2n) is 8.97. The molecule has 3 rings (SSSR count). The number of rotatable bonds is 9. The van der Waals surface area contributed by atoms with Crippen molar-refractivity contribution in [1.29, 1.82) is 0 Å². The van der Waals surface area contributed by atoms with Crippen LogP contribution in [0.5, 0.6) is 0 Å². The minimum Gasteiger partial charge on any atom is -0.427 e. The molecule has 4 N–H and O–H groups in total. The van der Waals surface area contributed by atoms with Gasteiger partial charge in [0, 0.05) is 6.04 Å². The Bertz CT molecular complexity index is 592. The fraction of sp³-hybridized carbons (Fsp3) is 0.696. The molecule has 0 saturated heterocycles. The third-order valence-corrected chi connectivity index (χ3v) is 6.91. The molecule has 0 spiro atoms. The summed E-state index contributed by atoms with van der Waals surface area (Å²) in [6, 6.07) is 11.4. The van der Waals surface area contributed by atoms with Gasteiger partial charge in [-0.05, 0) is 86.9 Å². The highest BCUT2D eigenvalue weighted by Gasteiger charge is 2.35. The van der Waals surface area contributed by atoms with Crippen molar-refractivity contribution in [2.24, 2.45) is 23.5 Å². The van der Waals surface area contributed by atoms with Crippen LogP contribution in [-0.2, 0) is 9.59 Å². The molecule has 2 saturated carbocycles. The van der Waals surface area contributed by atoms with Gasteiger partial charge in [0.15, 0.2) is 0 Å². The second kappa shape index (κ2) is 13.0. The molecule has 2 aliphatic rings. The fourth-order valence-electron chi connectivity index (χ4n) is 5.20. The summed E-state index contributed by atoms with van der Waals surface area (Å²) < 4.78 is 0. The van der Waals surface area contributed by atoms with Crippen LogP contribution < -0.4 is 5.73 Å². The van der Waals surface area contributed by atoms with Gasteiger partial charge in [-0.1, -0.05) is 43.2 Å². The van der Waals surface area contributed by atoms with E-state index in [9.17, 15) is 0 Å². The first-order valence-electron chi connectivity index (χ1n) is 11.2. The van der Waals surface area contributed by atoms with Crippen LogP contribution in [0.4, 0.5) is 0 Å². The molecule has 160 valence electrons. The number of hydrogen-bond donors (Lipinski definition) is 3. The zero-order valence-electron chi connectivity index (χ0n) is 17.4. The van der Waals surface area contributed by atoms with Crippen LogP contribution >= 0.6 is 0 Å². The molecule has 0 amide bonds. The van der Waals surface area contributed by atoms with Crippen LogP contribution in [-0.4, -0.2) is 29.4 Å². The van der Waals surface area contributed by atoms with Gasteiger partial charge in [0.05, 0.1) is 0 Å². The third-order valence-electron chi connectivity index (χ3n) is 6.91. The second-order valence-corrected chi connectivity index (χ2v) is 8.97. The molecule has 1 aromatic rings. The van der Waals surface area contributed by atoms with E-state index in [1.54, 1.807) is 0 Å². The normalized spacial score (nSPS) is 27.0. The fourth-order valence-corrected chi connectivity index (χ4v) is 5.20. The summed E-state index contributed by atoms with van der Waals surface area (Å²) in [6.45, 7) is 0. The summed E-state index contributed by atoms with van der Waals surface area (Å²) in [5.74, 6) is 3.33. The molecular formula is C23H36BNO4. The van der Waals surface area contributed by atoms with Gasteiger partial charge < -0.3 is 15.8 Å². The SMILES string of the molecule is NC(CCCCB(O)O)C1CC(CC2CCC(c3ccccc3)CC2)C1.O=C=O. The minimum absolute atomic E-state index is 0.250. The number of nitrogens with two attached hydrogens (primary N) is 1. The van der Waals surface area contributed by atoms with Gasteiger partial charge in [0.2, 0.25) is 0 Å². The van der Waals surface area contributed by atoms with Crippen molar-refractivity contribution in [2.45, 2.75) is 82.5 Å². The van der Waals surface area contributed by atoms with Crippen LogP contribution in [0.1, 0.15) is 75.7 Å². The summed E-state index contributed by atoms with van der Waals surface area (Å²) in [6.07, 6.45) is 13.2. The van der Waals surface area contributed by atoms with Gasteiger partial charge in [0.25, 0.3) is 0 Å². The average Bonchev–Trinajstić information content (AvgIpc) is 2.69. The molecule has 0 heterocycles. The summed E-state index contributed by atoms with van der Waals surface area (Å²) in [5, 5.41) is 17.8. The Hall–Kier alpha value is -1.46. The lowest BCUT2D eigenvalue weighted by molar-refractivity contribution is -0.191. The lowest BCUT2D eigenvalue weighted by Crippen LogP contribution is -2.40. The Kier molecular flexibility index (Phi) is 10.7. The Morgan fingerprint density at radius 2 is 1.62 bits per heavy atom. The van der Waals surface area contributed by atoms with Crippen molar-refractivity contribution >= 4 is 13.3 Å². The molecule has 1 atom stereocenters. The quantitative estimate of drug-likeness (QED) is 0.432. The van der Waals surface area contributed by atoms with Crippen LogP contribution in [0, 0.1) is 17.8 Å². The topological polar surface area (TPSA) is 101 Å². The largest absolute Gasteiger partial charge is 0.451 e.